The third-order valence-corrected chi connectivity index (χ3v) is 3.85. The second kappa shape index (κ2) is 5.50. The number of fused-ring (bicyclic) bond motifs is 1. The minimum atomic E-state index is -0.945. The zero-order valence-corrected chi connectivity index (χ0v) is 11.8. The number of carboxylic acids is 1. The monoisotopic (exact) mass is 281 g/mol. The van der Waals surface area contributed by atoms with Gasteiger partial charge in [0.05, 0.1) is 5.39 Å². The van der Waals surface area contributed by atoms with Crippen molar-refractivity contribution >= 4 is 27.5 Å². The summed E-state index contributed by atoms with van der Waals surface area (Å²) in [5.41, 5.74) is 0.660. The Bertz CT molecular complexity index is 610. The van der Waals surface area contributed by atoms with E-state index in [0.717, 1.165) is 17.9 Å². The predicted octanol–water partition coefficient (Wildman–Crippen LogP) is 1.64. The van der Waals surface area contributed by atoms with Crippen LogP contribution in [-0.4, -0.2) is 53.2 Å². The Labute approximate surface area is 114 Å². The Morgan fingerprint density at radius 1 is 1.47 bits per heavy atom. The van der Waals surface area contributed by atoms with Gasteiger partial charge in [-0.3, -0.25) is 0 Å². The average Bonchev–Trinajstić information content (AvgIpc) is 2.67. The van der Waals surface area contributed by atoms with Gasteiger partial charge in [0.2, 0.25) is 5.88 Å². The molecule has 1 N–H and O–H groups in total. The van der Waals surface area contributed by atoms with Crippen molar-refractivity contribution in [2.24, 2.45) is 0 Å². The van der Waals surface area contributed by atoms with Crippen LogP contribution in [0.1, 0.15) is 15.2 Å². The number of carboxylic acid groups (broad SMARTS) is 1. The summed E-state index contributed by atoms with van der Waals surface area (Å²) in [6, 6.07) is 0. The minimum absolute atomic E-state index is 0.285. The van der Waals surface area contributed by atoms with E-state index in [0.29, 0.717) is 28.3 Å². The van der Waals surface area contributed by atoms with E-state index in [9.17, 15) is 4.79 Å². The first-order valence-electron chi connectivity index (χ1n) is 5.75. The average molecular weight is 281 g/mol. The van der Waals surface area contributed by atoms with Gasteiger partial charge in [-0.25, -0.2) is 14.8 Å². The molecule has 0 spiro atoms. The number of rotatable bonds is 5. The topological polar surface area (TPSA) is 75.5 Å². The molecule has 0 radical (unpaired) electrons. The van der Waals surface area contributed by atoms with Crippen molar-refractivity contribution in [1.82, 2.24) is 14.9 Å². The van der Waals surface area contributed by atoms with Crippen LogP contribution in [0.4, 0.5) is 0 Å². The van der Waals surface area contributed by atoms with Crippen LogP contribution in [-0.2, 0) is 0 Å². The Balaban J connectivity index is 2.36. The molecular formula is C12H15N3O3S. The highest BCUT2D eigenvalue weighted by Crippen LogP contribution is 2.34. The molecule has 0 saturated heterocycles. The van der Waals surface area contributed by atoms with Gasteiger partial charge in [-0.2, -0.15) is 0 Å². The van der Waals surface area contributed by atoms with E-state index in [2.05, 4.69) is 9.97 Å². The number of hydrogen-bond donors (Lipinski definition) is 1. The van der Waals surface area contributed by atoms with Crippen LogP contribution in [0, 0.1) is 6.92 Å². The Morgan fingerprint density at radius 3 is 2.84 bits per heavy atom. The quantitative estimate of drug-likeness (QED) is 0.898. The van der Waals surface area contributed by atoms with Crippen LogP contribution in [0.5, 0.6) is 5.88 Å². The standard InChI is InChI=1S/C12H15N3O3S/c1-7-8-10(18-5-4-15(2)3)13-6-14-11(8)19-9(7)12(16)17/h6H,4-5H2,1-3H3,(H,16,17). The fourth-order valence-electron chi connectivity index (χ4n) is 1.68. The molecule has 0 fully saturated rings. The van der Waals surface area contributed by atoms with Crippen LogP contribution >= 0.6 is 11.3 Å². The van der Waals surface area contributed by atoms with Crippen molar-refractivity contribution in [2.45, 2.75) is 6.92 Å². The van der Waals surface area contributed by atoms with Crippen LogP contribution in [0.15, 0.2) is 6.33 Å². The van der Waals surface area contributed by atoms with Crippen molar-refractivity contribution in [3.8, 4) is 5.88 Å². The van der Waals surface area contributed by atoms with Gasteiger partial charge in [-0.15, -0.1) is 11.3 Å². The summed E-state index contributed by atoms with van der Waals surface area (Å²) in [7, 11) is 3.91. The van der Waals surface area contributed by atoms with Crippen molar-refractivity contribution in [3.05, 3.63) is 16.8 Å². The third kappa shape index (κ3) is 2.82. The molecule has 0 amide bonds. The Kier molecular flexibility index (Phi) is 3.96. The molecule has 2 rings (SSSR count). The number of ether oxygens (including phenoxy) is 1. The molecule has 0 aliphatic carbocycles. The molecule has 0 saturated carbocycles. The van der Waals surface area contributed by atoms with Gasteiger partial charge >= 0.3 is 5.97 Å². The van der Waals surface area contributed by atoms with Crippen LogP contribution in [0.25, 0.3) is 10.2 Å². The lowest BCUT2D eigenvalue weighted by atomic mass is 10.2. The first-order chi connectivity index (χ1) is 9.00. The van der Waals surface area contributed by atoms with E-state index in [1.54, 1.807) is 6.92 Å². The van der Waals surface area contributed by atoms with Crippen molar-refractivity contribution in [2.75, 3.05) is 27.2 Å². The predicted molar refractivity (Wildman–Crippen MR) is 73.2 cm³/mol. The molecule has 0 bridgehead atoms. The van der Waals surface area contributed by atoms with E-state index >= 15 is 0 Å². The molecule has 2 aromatic heterocycles. The minimum Gasteiger partial charge on any atom is -0.477 e. The number of aryl methyl sites for hydroxylation is 1. The van der Waals surface area contributed by atoms with Gasteiger partial charge in [0.1, 0.15) is 22.6 Å². The number of aromatic carboxylic acids is 1. The lowest BCUT2D eigenvalue weighted by molar-refractivity contribution is 0.0701. The van der Waals surface area contributed by atoms with Crippen molar-refractivity contribution in [1.29, 1.82) is 0 Å². The van der Waals surface area contributed by atoms with E-state index in [-0.39, 0.29) is 4.88 Å². The van der Waals surface area contributed by atoms with Gasteiger partial charge in [-0.05, 0) is 26.6 Å². The van der Waals surface area contributed by atoms with E-state index in [1.807, 2.05) is 19.0 Å². The lowest BCUT2D eigenvalue weighted by Gasteiger charge is -2.10. The first kappa shape index (κ1) is 13.7. The molecule has 102 valence electrons. The van der Waals surface area contributed by atoms with E-state index in [1.165, 1.54) is 6.33 Å². The van der Waals surface area contributed by atoms with Crippen LogP contribution in [0.2, 0.25) is 0 Å². The normalized spacial score (nSPS) is 11.2. The zero-order valence-electron chi connectivity index (χ0n) is 11.0. The highest BCUT2D eigenvalue weighted by molar-refractivity contribution is 7.20. The van der Waals surface area contributed by atoms with Crippen LogP contribution < -0.4 is 4.74 Å². The number of thiophene rings is 1. The molecule has 2 aromatic rings. The Hall–Kier alpha value is -1.73. The second-order valence-corrected chi connectivity index (χ2v) is 5.37. The molecular weight excluding hydrogens is 266 g/mol. The van der Waals surface area contributed by atoms with Crippen LogP contribution in [0.3, 0.4) is 0 Å². The third-order valence-electron chi connectivity index (χ3n) is 2.66. The summed E-state index contributed by atoms with van der Waals surface area (Å²) in [6.07, 6.45) is 1.40. The largest absolute Gasteiger partial charge is 0.477 e. The fourth-order valence-corrected chi connectivity index (χ4v) is 2.66. The number of likely N-dealkylation sites (N-methyl/N-ethyl adjacent to an activating group) is 1. The summed E-state index contributed by atoms with van der Waals surface area (Å²) >= 11 is 1.14. The van der Waals surface area contributed by atoms with Gasteiger partial charge in [0.15, 0.2) is 0 Å². The number of nitrogens with zero attached hydrogens (tertiary/aromatic N) is 3. The molecule has 0 aliphatic heterocycles. The Morgan fingerprint density at radius 2 is 2.21 bits per heavy atom. The summed E-state index contributed by atoms with van der Waals surface area (Å²) in [4.78, 5) is 22.3. The molecule has 6 nitrogen and oxygen atoms in total. The highest BCUT2D eigenvalue weighted by Gasteiger charge is 2.19. The van der Waals surface area contributed by atoms with Gasteiger partial charge in [-0.1, -0.05) is 0 Å². The molecule has 0 atom stereocenters. The molecule has 2 heterocycles. The van der Waals surface area contributed by atoms with Crippen molar-refractivity contribution < 1.29 is 14.6 Å². The maximum absolute atomic E-state index is 11.1. The summed E-state index contributed by atoms with van der Waals surface area (Å²) in [5, 5.41) is 9.82. The highest BCUT2D eigenvalue weighted by atomic mass is 32.1. The first-order valence-corrected chi connectivity index (χ1v) is 6.57. The molecule has 0 unspecified atom stereocenters. The maximum atomic E-state index is 11.1. The van der Waals surface area contributed by atoms with Gasteiger partial charge in [0.25, 0.3) is 0 Å². The number of aromatic nitrogens is 2. The van der Waals surface area contributed by atoms with Gasteiger partial charge in [0, 0.05) is 6.54 Å². The van der Waals surface area contributed by atoms with Crippen molar-refractivity contribution in [3.63, 3.8) is 0 Å². The molecule has 7 heteroatoms. The summed E-state index contributed by atoms with van der Waals surface area (Å²) < 4.78 is 5.62. The summed E-state index contributed by atoms with van der Waals surface area (Å²) in [5.74, 6) is -0.493. The smallest absolute Gasteiger partial charge is 0.346 e. The van der Waals surface area contributed by atoms with E-state index in [4.69, 9.17) is 9.84 Å². The van der Waals surface area contributed by atoms with E-state index < -0.39 is 5.97 Å². The molecule has 0 aromatic carbocycles. The SMILES string of the molecule is Cc1c(C(=O)O)sc2ncnc(OCCN(C)C)c12. The molecule has 0 aliphatic rings. The summed E-state index contributed by atoms with van der Waals surface area (Å²) in [6.45, 7) is 3.02. The fraction of sp³-hybridized carbons (Fsp3) is 0.417. The maximum Gasteiger partial charge on any atom is 0.346 e. The number of carbonyl (C=O) groups is 1. The zero-order chi connectivity index (χ0) is 14.0. The molecule has 19 heavy (non-hydrogen) atoms. The lowest BCUT2D eigenvalue weighted by Crippen LogP contribution is -2.19. The number of hydrogen-bond acceptors (Lipinski definition) is 6. The van der Waals surface area contributed by atoms with Gasteiger partial charge < -0.3 is 14.7 Å². The second-order valence-electron chi connectivity index (χ2n) is 4.37.